The molecule has 4 nitrogen and oxygen atoms in total. The van der Waals surface area contributed by atoms with Crippen molar-refractivity contribution in [3.63, 3.8) is 0 Å². The fourth-order valence-electron chi connectivity index (χ4n) is 3.25. The van der Waals surface area contributed by atoms with E-state index in [1.807, 2.05) is 25.2 Å². The molecule has 2 rings (SSSR count). The molecule has 1 aromatic heterocycles. The number of allylic oxidation sites excluding steroid dienone is 9. The van der Waals surface area contributed by atoms with E-state index in [0.29, 0.717) is 5.82 Å². The van der Waals surface area contributed by atoms with Crippen molar-refractivity contribution in [2.45, 2.75) is 53.9 Å². The van der Waals surface area contributed by atoms with E-state index in [0.717, 1.165) is 5.57 Å². The Morgan fingerprint density at radius 2 is 1.96 bits per heavy atom. The summed E-state index contributed by atoms with van der Waals surface area (Å²) in [6.07, 6.45) is 16.2. The highest BCUT2D eigenvalue weighted by molar-refractivity contribution is 5.48. The normalized spacial score (nSPS) is 19.4. The number of rotatable bonds is 5. The lowest BCUT2D eigenvalue weighted by Gasteiger charge is -2.32. The number of hydrogen-bond acceptors (Lipinski definition) is 2. The summed E-state index contributed by atoms with van der Waals surface area (Å²) in [6.45, 7) is 11.0. The maximum atomic E-state index is 11.0. The van der Waals surface area contributed by atoms with Gasteiger partial charge in [-0.2, -0.15) is 5.10 Å². The van der Waals surface area contributed by atoms with Gasteiger partial charge in [-0.05, 0) is 62.7 Å². The summed E-state index contributed by atoms with van der Waals surface area (Å²) in [7, 11) is 0. The molecule has 0 fully saturated rings. The lowest BCUT2D eigenvalue weighted by Crippen LogP contribution is -2.19. The van der Waals surface area contributed by atoms with E-state index in [9.17, 15) is 4.79 Å². The van der Waals surface area contributed by atoms with Crippen LogP contribution < -0.4 is 5.69 Å². The number of aromatic nitrogens is 3. The van der Waals surface area contributed by atoms with Crippen LogP contribution in [0, 0.1) is 5.41 Å². The maximum absolute atomic E-state index is 11.0. The van der Waals surface area contributed by atoms with Gasteiger partial charge in [0, 0.05) is 0 Å². The summed E-state index contributed by atoms with van der Waals surface area (Å²) >= 11 is 0. The minimum Gasteiger partial charge on any atom is -0.289 e. The molecule has 0 aliphatic heterocycles. The van der Waals surface area contributed by atoms with Crippen LogP contribution in [0.15, 0.2) is 57.5 Å². The second kappa shape index (κ2) is 8.15. The summed E-state index contributed by atoms with van der Waals surface area (Å²) in [5.41, 5.74) is 5.20. The first-order valence-corrected chi connectivity index (χ1v) is 8.84. The molecule has 0 atom stereocenters. The minimum atomic E-state index is -0.292. The Kier molecular flexibility index (Phi) is 6.18. The molecule has 0 amide bonds. The van der Waals surface area contributed by atoms with E-state index in [4.69, 9.17) is 0 Å². The van der Waals surface area contributed by atoms with Crippen LogP contribution in [0.1, 0.15) is 59.7 Å². The van der Waals surface area contributed by atoms with Crippen molar-refractivity contribution in [2.24, 2.45) is 5.41 Å². The molecular formula is C21H29N3O. The fourth-order valence-corrected chi connectivity index (χ4v) is 3.25. The number of nitrogens with one attached hydrogen (secondary N) is 2. The summed E-state index contributed by atoms with van der Waals surface area (Å²) in [6, 6.07) is 0. The van der Waals surface area contributed by atoms with Crippen LogP contribution in [0.2, 0.25) is 0 Å². The van der Waals surface area contributed by atoms with Crippen molar-refractivity contribution in [2.75, 3.05) is 0 Å². The smallest absolute Gasteiger partial charge is 0.289 e. The van der Waals surface area contributed by atoms with Gasteiger partial charge in [-0.15, -0.1) is 0 Å². The van der Waals surface area contributed by atoms with Crippen molar-refractivity contribution in [1.82, 2.24) is 15.2 Å². The van der Waals surface area contributed by atoms with Crippen LogP contribution in [0.25, 0.3) is 6.08 Å². The van der Waals surface area contributed by atoms with Crippen molar-refractivity contribution >= 4 is 6.08 Å². The second-order valence-corrected chi connectivity index (χ2v) is 7.49. The first kappa shape index (κ1) is 19.0. The largest absolute Gasteiger partial charge is 0.340 e. The zero-order chi connectivity index (χ0) is 18.4. The Morgan fingerprint density at radius 1 is 1.20 bits per heavy atom. The third-order valence-corrected chi connectivity index (χ3v) is 4.66. The molecule has 0 aromatic carbocycles. The highest BCUT2D eigenvalue weighted by Gasteiger charge is 2.26. The molecule has 2 N–H and O–H groups in total. The molecule has 0 unspecified atom stereocenters. The predicted octanol–water partition coefficient (Wildman–Crippen LogP) is 5.09. The summed E-state index contributed by atoms with van der Waals surface area (Å²) in [5.74, 6) is 0.537. The fraction of sp³-hybridized carbons (Fsp3) is 0.429. The van der Waals surface area contributed by atoms with Gasteiger partial charge >= 0.3 is 5.69 Å². The van der Waals surface area contributed by atoms with Gasteiger partial charge in [-0.3, -0.25) is 4.98 Å². The molecule has 25 heavy (non-hydrogen) atoms. The zero-order valence-corrected chi connectivity index (χ0v) is 15.9. The van der Waals surface area contributed by atoms with E-state index in [2.05, 4.69) is 61.1 Å². The van der Waals surface area contributed by atoms with E-state index in [1.165, 1.54) is 36.0 Å². The van der Waals surface area contributed by atoms with Crippen LogP contribution in [-0.2, 0) is 0 Å². The SMILES string of the molecule is CC1=C(/C=C/C(C)=C/C=C/C(C)=C/c2n[nH]c(=O)[nH]2)C(C)(C)CCC1. The van der Waals surface area contributed by atoms with Crippen molar-refractivity contribution in [1.29, 1.82) is 0 Å². The topological polar surface area (TPSA) is 61.5 Å². The molecule has 134 valence electrons. The summed E-state index contributed by atoms with van der Waals surface area (Å²) < 4.78 is 0. The Hall–Kier alpha value is -2.36. The zero-order valence-electron chi connectivity index (χ0n) is 15.9. The number of hydrogen-bond donors (Lipinski definition) is 2. The number of nitrogens with zero attached hydrogens (tertiary/aromatic N) is 1. The van der Waals surface area contributed by atoms with Crippen LogP contribution in [-0.4, -0.2) is 15.2 Å². The van der Waals surface area contributed by atoms with E-state index in [-0.39, 0.29) is 11.1 Å². The Balaban J connectivity index is 2.04. The Morgan fingerprint density at radius 3 is 2.60 bits per heavy atom. The first-order valence-electron chi connectivity index (χ1n) is 8.84. The average molecular weight is 339 g/mol. The third kappa shape index (κ3) is 5.59. The molecule has 1 aromatic rings. The molecule has 0 saturated heterocycles. The molecule has 4 heteroatoms. The molecule has 1 aliphatic rings. The van der Waals surface area contributed by atoms with Gasteiger partial charge in [0.05, 0.1) is 0 Å². The van der Waals surface area contributed by atoms with Crippen LogP contribution in [0.4, 0.5) is 0 Å². The lowest BCUT2D eigenvalue weighted by atomic mass is 9.72. The van der Waals surface area contributed by atoms with E-state index < -0.39 is 0 Å². The van der Waals surface area contributed by atoms with Gasteiger partial charge in [0.1, 0.15) is 0 Å². The van der Waals surface area contributed by atoms with E-state index in [1.54, 1.807) is 0 Å². The molecule has 1 aliphatic carbocycles. The van der Waals surface area contributed by atoms with Gasteiger partial charge < -0.3 is 0 Å². The van der Waals surface area contributed by atoms with Gasteiger partial charge in [-0.1, -0.05) is 55.4 Å². The third-order valence-electron chi connectivity index (χ3n) is 4.66. The standard InChI is InChI=1S/C21H29N3O/c1-15(11-12-18-17(3)10-7-13-21(18,4)5)8-6-9-16(2)14-19-22-20(25)24-23-19/h6,8-9,11-12,14H,7,10,13H2,1-5H3,(H2,22,23,24,25)/b9-6+,12-11+,15-8+,16-14+. The molecule has 0 bridgehead atoms. The predicted molar refractivity (Wildman–Crippen MR) is 105 cm³/mol. The van der Waals surface area contributed by atoms with Gasteiger partial charge in [0.25, 0.3) is 0 Å². The van der Waals surface area contributed by atoms with Gasteiger partial charge in [0.2, 0.25) is 0 Å². The molecule has 0 saturated carbocycles. The van der Waals surface area contributed by atoms with Crippen LogP contribution in [0.5, 0.6) is 0 Å². The second-order valence-electron chi connectivity index (χ2n) is 7.49. The highest BCUT2D eigenvalue weighted by atomic mass is 16.1. The molecular weight excluding hydrogens is 310 g/mol. The van der Waals surface area contributed by atoms with Crippen molar-refractivity contribution in [3.05, 3.63) is 69.0 Å². The monoisotopic (exact) mass is 339 g/mol. The maximum Gasteiger partial charge on any atom is 0.340 e. The summed E-state index contributed by atoms with van der Waals surface area (Å²) in [4.78, 5) is 13.6. The van der Waals surface area contributed by atoms with Crippen LogP contribution >= 0.6 is 0 Å². The first-order chi connectivity index (χ1) is 11.8. The molecule has 1 heterocycles. The highest BCUT2D eigenvalue weighted by Crippen LogP contribution is 2.40. The van der Waals surface area contributed by atoms with Crippen LogP contribution in [0.3, 0.4) is 0 Å². The van der Waals surface area contributed by atoms with Crippen molar-refractivity contribution < 1.29 is 0 Å². The van der Waals surface area contributed by atoms with Gasteiger partial charge in [0.15, 0.2) is 5.82 Å². The average Bonchev–Trinajstić information content (AvgIpc) is 2.91. The number of aromatic amines is 2. The number of H-pyrrole nitrogens is 2. The molecule has 0 radical (unpaired) electrons. The Labute approximate surface area is 150 Å². The lowest BCUT2D eigenvalue weighted by molar-refractivity contribution is 0.377. The van der Waals surface area contributed by atoms with Gasteiger partial charge in [-0.25, -0.2) is 9.89 Å². The van der Waals surface area contributed by atoms with E-state index >= 15 is 0 Å². The Bertz CT molecular complexity index is 810. The molecule has 0 spiro atoms. The minimum absolute atomic E-state index is 0.273. The quantitative estimate of drug-likeness (QED) is 0.734. The summed E-state index contributed by atoms with van der Waals surface area (Å²) in [5, 5.41) is 6.22. The van der Waals surface area contributed by atoms with Crippen molar-refractivity contribution in [3.8, 4) is 0 Å².